The Kier molecular flexibility index (Phi) is 3.68. The third kappa shape index (κ3) is 2.66. The number of aromatic nitrogens is 4. The maximum absolute atomic E-state index is 11.3. The lowest BCUT2D eigenvalue weighted by Gasteiger charge is -2.02. The standard InChI is InChI=1S/C14H8Cl2N4O/c15-10-2-3-12(16)11(6-10)13-9(8-21)7-20(19-13)14-17-4-1-5-18-14/h1-8H. The highest BCUT2D eigenvalue weighted by molar-refractivity contribution is 6.35. The molecular formula is C14H8Cl2N4O. The SMILES string of the molecule is O=Cc1cn(-c2ncccn2)nc1-c1cc(Cl)ccc1Cl. The lowest BCUT2D eigenvalue weighted by Crippen LogP contribution is -2.00. The maximum Gasteiger partial charge on any atom is 0.250 e. The Labute approximate surface area is 130 Å². The lowest BCUT2D eigenvalue weighted by atomic mass is 10.1. The topological polar surface area (TPSA) is 60.7 Å². The zero-order chi connectivity index (χ0) is 14.8. The zero-order valence-corrected chi connectivity index (χ0v) is 12.1. The molecule has 3 rings (SSSR count). The highest BCUT2D eigenvalue weighted by atomic mass is 35.5. The number of halogens is 2. The predicted molar refractivity (Wildman–Crippen MR) is 80.0 cm³/mol. The molecule has 21 heavy (non-hydrogen) atoms. The summed E-state index contributed by atoms with van der Waals surface area (Å²) in [5.41, 5.74) is 1.40. The van der Waals surface area contributed by atoms with E-state index in [9.17, 15) is 4.79 Å². The van der Waals surface area contributed by atoms with Gasteiger partial charge in [-0.05, 0) is 24.3 Å². The van der Waals surface area contributed by atoms with Crippen LogP contribution in [0, 0.1) is 0 Å². The molecule has 2 heterocycles. The molecule has 0 atom stereocenters. The molecule has 0 aliphatic heterocycles. The van der Waals surface area contributed by atoms with Crippen LogP contribution in [0.25, 0.3) is 17.2 Å². The Morgan fingerprint density at radius 3 is 2.62 bits per heavy atom. The van der Waals surface area contributed by atoms with E-state index in [1.165, 1.54) is 4.68 Å². The van der Waals surface area contributed by atoms with Crippen molar-refractivity contribution in [3.8, 4) is 17.2 Å². The van der Waals surface area contributed by atoms with Crippen LogP contribution in [0.4, 0.5) is 0 Å². The van der Waals surface area contributed by atoms with Gasteiger partial charge in [-0.3, -0.25) is 4.79 Å². The molecule has 7 heteroatoms. The molecule has 0 unspecified atom stereocenters. The van der Waals surface area contributed by atoms with Crippen LogP contribution in [-0.4, -0.2) is 26.0 Å². The first-order chi connectivity index (χ1) is 10.2. The molecule has 0 radical (unpaired) electrons. The molecule has 0 fully saturated rings. The van der Waals surface area contributed by atoms with Crippen LogP contribution in [-0.2, 0) is 0 Å². The molecule has 0 bridgehead atoms. The van der Waals surface area contributed by atoms with Crippen molar-refractivity contribution in [1.29, 1.82) is 0 Å². The van der Waals surface area contributed by atoms with Crippen LogP contribution in [0.1, 0.15) is 10.4 Å². The molecule has 0 saturated heterocycles. The van der Waals surface area contributed by atoms with Gasteiger partial charge in [0, 0.05) is 29.2 Å². The van der Waals surface area contributed by atoms with Gasteiger partial charge in [-0.2, -0.15) is 5.10 Å². The van der Waals surface area contributed by atoms with Gasteiger partial charge in [0.2, 0.25) is 5.95 Å². The van der Waals surface area contributed by atoms with Crippen molar-refractivity contribution >= 4 is 29.5 Å². The van der Waals surface area contributed by atoms with Crippen LogP contribution in [0.3, 0.4) is 0 Å². The van der Waals surface area contributed by atoms with Gasteiger partial charge in [-0.15, -0.1) is 0 Å². The summed E-state index contributed by atoms with van der Waals surface area (Å²) in [6, 6.07) is 6.69. The number of carbonyl (C=O) groups is 1. The number of benzene rings is 1. The summed E-state index contributed by atoms with van der Waals surface area (Å²) in [5, 5.41) is 5.31. The Morgan fingerprint density at radius 2 is 1.90 bits per heavy atom. The Morgan fingerprint density at radius 1 is 1.14 bits per heavy atom. The minimum absolute atomic E-state index is 0.366. The summed E-state index contributed by atoms with van der Waals surface area (Å²) < 4.78 is 1.43. The monoisotopic (exact) mass is 318 g/mol. The van der Waals surface area contributed by atoms with Crippen molar-refractivity contribution in [1.82, 2.24) is 19.7 Å². The fourth-order valence-corrected chi connectivity index (χ4v) is 2.25. The highest BCUT2D eigenvalue weighted by Crippen LogP contribution is 2.31. The molecule has 0 N–H and O–H groups in total. The van der Waals surface area contributed by atoms with Crippen LogP contribution in [0.5, 0.6) is 0 Å². The fourth-order valence-electron chi connectivity index (χ4n) is 1.87. The van der Waals surface area contributed by atoms with Gasteiger partial charge in [-0.1, -0.05) is 23.2 Å². The van der Waals surface area contributed by atoms with Gasteiger partial charge in [-0.25, -0.2) is 14.6 Å². The van der Waals surface area contributed by atoms with Crippen LogP contribution in [0.2, 0.25) is 10.0 Å². The van der Waals surface area contributed by atoms with Crippen molar-refractivity contribution in [3.63, 3.8) is 0 Å². The van der Waals surface area contributed by atoms with Gasteiger partial charge < -0.3 is 0 Å². The van der Waals surface area contributed by atoms with E-state index in [-0.39, 0.29) is 0 Å². The minimum Gasteiger partial charge on any atom is -0.298 e. The molecule has 0 spiro atoms. The van der Waals surface area contributed by atoms with E-state index in [2.05, 4.69) is 15.1 Å². The van der Waals surface area contributed by atoms with Gasteiger partial charge >= 0.3 is 0 Å². The minimum atomic E-state index is 0.366. The van der Waals surface area contributed by atoms with Gasteiger partial charge in [0.1, 0.15) is 5.69 Å². The molecule has 0 aliphatic carbocycles. The Balaban J connectivity index is 2.17. The van der Waals surface area contributed by atoms with E-state index >= 15 is 0 Å². The summed E-state index contributed by atoms with van der Waals surface area (Å²) in [4.78, 5) is 19.4. The van der Waals surface area contributed by atoms with Crippen molar-refractivity contribution in [2.45, 2.75) is 0 Å². The smallest absolute Gasteiger partial charge is 0.250 e. The van der Waals surface area contributed by atoms with Gasteiger partial charge in [0.15, 0.2) is 6.29 Å². The number of carbonyl (C=O) groups excluding carboxylic acids is 1. The first-order valence-electron chi connectivity index (χ1n) is 5.96. The second-order valence-corrected chi connectivity index (χ2v) is 5.01. The summed E-state index contributed by atoms with van der Waals surface area (Å²) in [6.07, 6.45) is 5.45. The van der Waals surface area contributed by atoms with Crippen molar-refractivity contribution in [2.75, 3.05) is 0 Å². The van der Waals surface area contributed by atoms with E-state index in [1.54, 1.807) is 42.9 Å². The lowest BCUT2D eigenvalue weighted by molar-refractivity contribution is 0.112. The molecule has 0 saturated carbocycles. The van der Waals surface area contributed by atoms with Crippen LogP contribution < -0.4 is 0 Å². The number of hydrogen-bond donors (Lipinski definition) is 0. The van der Waals surface area contributed by atoms with Gasteiger partial charge in [0.05, 0.1) is 10.6 Å². The Bertz CT molecular complexity index is 802. The molecule has 0 aliphatic rings. The average Bonchev–Trinajstić information content (AvgIpc) is 2.94. The molecule has 1 aromatic carbocycles. The number of hydrogen-bond acceptors (Lipinski definition) is 4. The number of aldehydes is 1. The van der Waals surface area contributed by atoms with Crippen LogP contribution in [0.15, 0.2) is 42.9 Å². The summed E-state index contributed by atoms with van der Waals surface area (Å²) in [6.45, 7) is 0. The quantitative estimate of drug-likeness (QED) is 0.694. The predicted octanol–water partition coefficient (Wildman–Crippen LogP) is 3.45. The van der Waals surface area contributed by atoms with E-state index in [0.717, 1.165) is 0 Å². The summed E-state index contributed by atoms with van der Waals surface area (Å²) in [7, 11) is 0. The molecule has 2 aromatic heterocycles. The maximum atomic E-state index is 11.3. The second kappa shape index (κ2) is 5.63. The molecular weight excluding hydrogens is 311 g/mol. The number of nitrogens with zero attached hydrogens (tertiary/aromatic N) is 4. The van der Waals surface area contributed by atoms with Crippen LogP contribution >= 0.6 is 23.2 Å². The normalized spacial score (nSPS) is 10.6. The van der Waals surface area contributed by atoms with Gasteiger partial charge in [0.25, 0.3) is 0 Å². The van der Waals surface area contributed by atoms with E-state index in [0.29, 0.717) is 39.1 Å². The van der Waals surface area contributed by atoms with E-state index in [4.69, 9.17) is 23.2 Å². The molecule has 104 valence electrons. The molecule has 5 nitrogen and oxygen atoms in total. The molecule has 0 amide bonds. The number of rotatable bonds is 3. The first kappa shape index (κ1) is 13.7. The largest absolute Gasteiger partial charge is 0.298 e. The average molecular weight is 319 g/mol. The highest BCUT2D eigenvalue weighted by Gasteiger charge is 2.15. The van der Waals surface area contributed by atoms with Crippen molar-refractivity contribution in [3.05, 3.63) is 58.5 Å². The summed E-state index contributed by atoms with van der Waals surface area (Å²) >= 11 is 12.1. The van der Waals surface area contributed by atoms with Crippen molar-refractivity contribution in [2.24, 2.45) is 0 Å². The fraction of sp³-hybridized carbons (Fsp3) is 0. The first-order valence-corrected chi connectivity index (χ1v) is 6.72. The van der Waals surface area contributed by atoms with Crippen molar-refractivity contribution < 1.29 is 4.79 Å². The van der Waals surface area contributed by atoms with E-state index in [1.807, 2.05) is 0 Å². The Hall–Kier alpha value is -2.24. The van der Waals surface area contributed by atoms with E-state index < -0.39 is 0 Å². The summed E-state index contributed by atoms with van der Waals surface area (Å²) in [5.74, 6) is 0.366. The third-order valence-electron chi connectivity index (χ3n) is 2.81. The second-order valence-electron chi connectivity index (χ2n) is 4.17. The molecule has 3 aromatic rings. The third-order valence-corrected chi connectivity index (χ3v) is 3.37. The zero-order valence-electron chi connectivity index (χ0n) is 10.6.